The van der Waals surface area contributed by atoms with E-state index in [0.29, 0.717) is 5.56 Å². The van der Waals surface area contributed by atoms with Crippen molar-refractivity contribution in [2.45, 2.75) is 0 Å². The number of hydrogen-bond acceptors (Lipinski definition) is 4. The molecule has 1 aromatic heterocycles. The van der Waals surface area contributed by atoms with E-state index in [1.807, 2.05) is 12.1 Å². The van der Waals surface area contributed by atoms with Crippen LogP contribution in [0.3, 0.4) is 0 Å². The summed E-state index contributed by atoms with van der Waals surface area (Å²) in [5.41, 5.74) is 6.85. The van der Waals surface area contributed by atoms with Crippen LogP contribution < -0.4 is 15.4 Å². The van der Waals surface area contributed by atoms with E-state index >= 15 is 0 Å². The van der Waals surface area contributed by atoms with Gasteiger partial charge < -0.3 is 15.4 Å². The lowest BCUT2D eigenvalue weighted by Gasteiger charge is -2.18. The summed E-state index contributed by atoms with van der Waals surface area (Å²) in [6.07, 6.45) is 1.56. The molecule has 0 aliphatic heterocycles. The van der Waals surface area contributed by atoms with E-state index in [9.17, 15) is 4.79 Å². The number of ether oxygens (including phenoxy) is 1. The molecule has 2 aromatic rings. The second-order valence-corrected chi connectivity index (χ2v) is 4.00. The predicted octanol–water partition coefficient (Wildman–Crippen LogP) is 1.95. The zero-order valence-electron chi connectivity index (χ0n) is 10.8. The average Bonchev–Trinajstić information content (AvgIpc) is 2.46. The first-order chi connectivity index (χ1) is 9.13. The summed E-state index contributed by atoms with van der Waals surface area (Å²) >= 11 is 0. The van der Waals surface area contributed by atoms with Crippen LogP contribution in [0, 0.1) is 0 Å². The van der Waals surface area contributed by atoms with E-state index in [-0.39, 0.29) is 11.7 Å². The quantitative estimate of drug-likeness (QED) is 0.912. The Labute approximate surface area is 111 Å². The number of carbonyl (C=O) groups excluding carboxylic acids is 1. The fraction of sp³-hybridized carbons (Fsp3) is 0.143. The smallest absolute Gasteiger partial charge is 0.261 e. The summed E-state index contributed by atoms with van der Waals surface area (Å²) in [6.45, 7) is 0. The van der Waals surface area contributed by atoms with Gasteiger partial charge in [0.15, 0.2) is 0 Å². The molecule has 0 aliphatic rings. The second kappa shape index (κ2) is 5.39. The molecule has 98 valence electrons. The zero-order chi connectivity index (χ0) is 13.8. The first kappa shape index (κ1) is 12.9. The van der Waals surface area contributed by atoms with E-state index in [1.54, 1.807) is 44.6 Å². The highest BCUT2D eigenvalue weighted by molar-refractivity contribution is 6.08. The van der Waals surface area contributed by atoms with Crippen LogP contribution in [0.1, 0.15) is 10.4 Å². The van der Waals surface area contributed by atoms with Crippen molar-refractivity contribution < 1.29 is 9.53 Å². The van der Waals surface area contributed by atoms with Crippen molar-refractivity contribution in [3.8, 4) is 5.75 Å². The van der Waals surface area contributed by atoms with Gasteiger partial charge in [0.05, 0.1) is 12.7 Å². The largest absolute Gasteiger partial charge is 0.497 e. The van der Waals surface area contributed by atoms with Gasteiger partial charge in [0.1, 0.15) is 11.6 Å². The maximum absolute atomic E-state index is 12.3. The summed E-state index contributed by atoms with van der Waals surface area (Å²) < 4.78 is 5.08. The Bertz CT molecular complexity index is 581. The Morgan fingerprint density at radius 1 is 1.26 bits per heavy atom. The van der Waals surface area contributed by atoms with Crippen molar-refractivity contribution in [2.24, 2.45) is 0 Å². The van der Waals surface area contributed by atoms with Crippen LogP contribution in [0.2, 0.25) is 0 Å². The molecule has 1 aromatic carbocycles. The zero-order valence-corrected chi connectivity index (χ0v) is 10.8. The minimum absolute atomic E-state index is 0.198. The van der Waals surface area contributed by atoms with Crippen LogP contribution in [-0.4, -0.2) is 25.0 Å². The molecule has 5 nitrogen and oxygen atoms in total. The molecule has 0 saturated heterocycles. The van der Waals surface area contributed by atoms with Crippen molar-refractivity contribution in [1.82, 2.24) is 4.98 Å². The van der Waals surface area contributed by atoms with Gasteiger partial charge in [-0.25, -0.2) is 4.98 Å². The van der Waals surface area contributed by atoms with Crippen molar-refractivity contribution in [3.63, 3.8) is 0 Å². The van der Waals surface area contributed by atoms with Crippen molar-refractivity contribution in [2.75, 3.05) is 24.8 Å². The van der Waals surface area contributed by atoms with Crippen LogP contribution in [0.25, 0.3) is 0 Å². The third-order valence-corrected chi connectivity index (χ3v) is 2.83. The number of nitrogens with two attached hydrogens (primary N) is 1. The van der Waals surface area contributed by atoms with Gasteiger partial charge in [-0.3, -0.25) is 4.79 Å². The van der Waals surface area contributed by atoms with Gasteiger partial charge in [-0.15, -0.1) is 0 Å². The lowest BCUT2D eigenvalue weighted by molar-refractivity contribution is 0.0993. The molecule has 5 heteroatoms. The molecular weight excluding hydrogens is 242 g/mol. The molecular formula is C14H15N3O2. The number of hydrogen-bond donors (Lipinski definition) is 1. The standard InChI is InChI=1S/C14H15N3O2/c1-17(10-5-7-11(19-2)8-6-10)14(18)12-4-3-9-16-13(12)15/h3-9H,1-2H3,(H2,15,16). The molecule has 0 saturated carbocycles. The van der Waals surface area contributed by atoms with Crippen molar-refractivity contribution in [1.29, 1.82) is 0 Å². The highest BCUT2D eigenvalue weighted by atomic mass is 16.5. The number of anilines is 2. The number of pyridine rings is 1. The molecule has 0 aliphatic carbocycles. The molecule has 1 heterocycles. The summed E-state index contributed by atoms with van der Waals surface area (Å²) in [5.74, 6) is 0.772. The van der Waals surface area contributed by atoms with Crippen LogP contribution in [0.5, 0.6) is 5.75 Å². The molecule has 0 radical (unpaired) electrons. The van der Waals surface area contributed by atoms with E-state index in [2.05, 4.69) is 4.98 Å². The van der Waals surface area contributed by atoms with Gasteiger partial charge >= 0.3 is 0 Å². The predicted molar refractivity (Wildman–Crippen MR) is 74.4 cm³/mol. The monoisotopic (exact) mass is 257 g/mol. The average molecular weight is 257 g/mol. The van der Waals surface area contributed by atoms with Crippen LogP contribution in [0.4, 0.5) is 11.5 Å². The highest BCUT2D eigenvalue weighted by Crippen LogP contribution is 2.20. The topological polar surface area (TPSA) is 68.5 Å². The maximum atomic E-state index is 12.3. The summed E-state index contributed by atoms with van der Waals surface area (Å²) in [7, 11) is 3.29. The number of rotatable bonds is 3. The number of nitrogen functional groups attached to an aromatic ring is 1. The fourth-order valence-corrected chi connectivity index (χ4v) is 1.70. The highest BCUT2D eigenvalue weighted by Gasteiger charge is 2.16. The van der Waals surface area contributed by atoms with Crippen LogP contribution in [-0.2, 0) is 0 Å². The normalized spacial score (nSPS) is 10.0. The summed E-state index contributed by atoms with van der Waals surface area (Å²) in [6, 6.07) is 10.6. The molecule has 0 bridgehead atoms. The maximum Gasteiger partial charge on any atom is 0.261 e. The number of aromatic nitrogens is 1. The third-order valence-electron chi connectivity index (χ3n) is 2.83. The number of methoxy groups -OCH3 is 1. The molecule has 2 N–H and O–H groups in total. The third kappa shape index (κ3) is 2.65. The molecule has 0 spiro atoms. The molecule has 0 fully saturated rings. The minimum atomic E-state index is -0.198. The van der Waals surface area contributed by atoms with Gasteiger partial charge in [-0.1, -0.05) is 0 Å². The van der Waals surface area contributed by atoms with Crippen LogP contribution in [0.15, 0.2) is 42.6 Å². The van der Waals surface area contributed by atoms with Crippen LogP contribution >= 0.6 is 0 Å². The first-order valence-electron chi connectivity index (χ1n) is 5.76. The van der Waals surface area contributed by atoms with E-state index < -0.39 is 0 Å². The molecule has 1 amide bonds. The lowest BCUT2D eigenvalue weighted by atomic mass is 10.2. The lowest BCUT2D eigenvalue weighted by Crippen LogP contribution is -2.27. The van der Waals surface area contributed by atoms with Gasteiger partial charge in [0.2, 0.25) is 0 Å². The Morgan fingerprint density at radius 2 is 1.95 bits per heavy atom. The Hall–Kier alpha value is -2.56. The van der Waals surface area contributed by atoms with E-state index in [4.69, 9.17) is 10.5 Å². The van der Waals surface area contributed by atoms with E-state index in [0.717, 1.165) is 11.4 Å². The Morgan fingerprint density at radius 3 is 2.53 bits per heavy atom. The number of amides is 1. The fourth-order valence-electron chi connectivity index (χ4n) is 1.70. The van der Waals surface area contributed by atoms with Gasteiger partial charge in [0, 0.05) is 18.9 Å². The number of benzene rings is 1. The van der Waals surface area contributed by atoms with Crippen molar-refractivity contribution >= 4 is 17.4 Å². The minimum Gasteiger partial charge on any atom is -0.497 e. The molecule has 19 heavy (non-hydrogen) atoms. The number of nitrogens with zero attached hydrogens (tertiary/aromatic N) is 2. The summed E-state index contributed by atoms with van der Waals surface area (Å²) in [4.78, 5) is 17.7. The first-order valence-corrected chi connectivity index (χ1v) is 5.76. The van der Waals surface area contributed by atoms with Crippen molar-refractivity contribution in [3.05, 3.63) is 48.2 Å². The molecule has 0 atom stereocenters. The Kier molecular flexibility index (Phi) is 3.66. The number of carbonyl (C=O) groups is 1. The Balaban J connectivity index is 2.26. The SMILES string of the molecule is COc1ccc(N(C)C(=O)c2cccnc2N)cc1. The van der Waals surface area contributed by atoms with Gasteiger partial charge in [-0.05, 0) is 36.4 Å². The van der Waals surface area contributed by atoms with Gasteiger partial charge in [0.25, 0.3) is 5.91 Å². The van der Waals surface area contributed by atoms with Gasteiger partial charge in [-0.2, -0.15) is 0 Å². The molecule has 0 unspecified atom stereocenters. The molecule has 2 rings (SSSR count). The second-order valence-electron chi connectivity index (χ2n) is 4.00. The summed E-state index contributed by atoms with van der Waals surface area (Å²) in [5, 5.41) is 0. The van der Waals surface area contributed by atoms with E-state index in [1.165, 1.54) is 4.90 Å².